The highest BCUT2D eigenvalue weighted by Gasteiger charge is 2.40. The fourth-order valence-electron chi connectivity index (χ4n) is 5.18. The standard InChI is InChI=1S/C30H30N2O2S2/c1-29(2)12-14-32-15-13-30(3,4)23-17-20(16-22(29)27(23)32)24-10-11-26(36-24)25-9-8-21(35-25)7-5-6-19(18-31)28(33)34/h5-11,16-17H,12-15H2,1-4H3,(H,33,34)/b7-5+,19-6+. The van der Waals surface area contributed by atoms with Crippen LogP contribution in [0.3, 0.4) is 0 Å². The van der Waals surface area contributed by atoms with E-state index in [0.717, 1.165) is 18.0 Å². The zero-order valence-electron chi connectivity index (χ0n) is 21.1. The summed E-state index contributed by atoms with van der Waals surface area (Å²) in [4.78, 5) is 18.3. The van der Waals surface area contributed by atoms with E-state index in [1.165, 1.54) is 55.9 Å². The summed E-state index contributed by atoms with van der Waals surface area (Å²) in [6.07, 6.45) is 7.16. The Bertz CT molecular complexity index is 1400. The van der Waals surface area contributed by atoms with Crippen LogP contribution in [-0.4, -0.2) is 24.2 Å². The molecule has 2 aliphatic heterocycles. The van der Waals surface area contributed by atoms with E-state index < -0.39 is 5.97 Å². The molecule has 0 fully saturated rings. The number of hydrogen-bond acceptors (Lipinski definition) is 5. The maximum atomic E-state index is 11.0. The minimum atomic E-state index is -1.21. The Kier molecular flexibility index (Phi) is 6.18. The predicted molar refractivity (Wildman–Crippen MR) is 151 cm³/mol. The van der Waals surface area contributed by atoms with Gasteiger partial charge < -0.3 is 10.0 Å². The molecule has 1 aromatic carbocycles. The highest BCUT2D eigenvalue weighted by atomic mass is 32.1. The zero-order chi connectivity index (χ0) is 25.7. The summed E-state index contributed by atoms with van der Waals surface area (Å²) in [5, 5.41) is 17.9. The van der Waals surface area contributed by atoms with Crippen molar-refractivity contribution in [2.24, 2.45) is 0 Å². The van der Waals surface area contributed by atoms with Gasteiger partial charge in [-0.3, -0.25) is 0 Å². The number of carbonyl (C=O) groups is 1. The Morgan fingerprint density at radius 1 is 0.972 bits per heavy atom. The van der Waals surface area contributed by atoms with E-state index in [-0.39, 0.29) is 16.4 Å². The van der Waals surface area contributed by atoms with Crippen LogP contribution in [0.4, 0.5) is 5.69 Å². The van der Waals surface area contributed by atoms with Gasteiger partial charge in [-0.1, -0.05) is 33.8 Å². The number of carboxylic acid groups (broad SMARTS) is 1. The lowest BCUT2D eigenvalue weighted by atomic mass is 9.69. The van der Waals surface area contributed by atoms with Crippen LogP contribution in [-0.2, 0) is 15.6 Å². The third kappa shape index (κ3) is 4.42. The maximum absolute atomic E-state index is 11.0. The van der Waals surface area contributed by atoms with Crippen molar-refractivity contribution in [1.29, 1.82) is 5.26 Å². The second-order valence-electron chi connectivity index (χ2n) is 10.9. The highest BCUT2D eigenvalue weighted by molar-refractivity contribution is 7.24. The molecule has 0 unspecified atom stereocenters. The molecular formula is C30H30N2O2S2. The fraction of sp³-hybridized carbons (Fsp3) is 0.333. The normalized spacial score (nSPS) is 18.2. The van der Waals surface area contributed by atoms with Crippen LogP contribution in [0.1, 0.15) is 56.5 Å². The molecule has 0 radical (unpaired) electrons. The number of carboxylic acids is 1. The Morgan fingerprint density at radius 3 is 2.17 bits per heavy atom. The first kappa shape index (κ1) is 24.5. The van der Waals surface area contributed by atoms with E-state index >= 15 is 0 Å². The van der Waals surface area contributed by atoms with Crippen LogP contribution < -0.4 is 4.90 Å². The molecule has 2 aliphatic rings. The van der Waals surface area contributed by atoms with Gasteiger partial charge in [0.15, 0.2) is 0 Å². The summed E-state index contributed by atoms with van der Waals surface area (Å²) in [7, 11) is 0. The molecule has 3 aromatic rings. The topological polar surface area (TPSA) is 64.3 Å². The van der Waals surface area contributed by atoms with E-state index in [4.69, 9.17) is 10.4 Å². The number of allylic oxidation sites excluding steroid dienone is 2. The first-order valence-electron chi connectivity index (χ1n) is 12.3. The molecule has 1 N–H and O–H groups in total. The summed E-state index contributed by atoms with van der Waals surface area (Å²) in [5.74, 6) is -1.21. The average Bonchev–Trinajstić information content (AvgIpc) is 3.50. The monoisotopic (exact) mass is 514 g/mol. The lowest BCUT2D eigenvalue weighted by Crippen LogP contribution is -2.44. The molecule has 0 saturated heterocycles. The summed E-state index contributed by atoms with van der Waals surface area (Å²) < 4.78 is 0. The zero-order valence-corrected chi connectivity index (χ0v) is 22.7. The SMILES string of the molecule is CC1(C)CCN2CCC(C)(C)c3cc(-c4ccc(-c5ccc(/C=C/C=C(\C#N)C(=O)O)s5)s4)cc1c32. The predicted octanol–water partition coefficient (Wildman–Crippen LogP) is 7.86. The quantitative estimate of drug-likeness (QED) is 0.214. The van der Waals surface area contributed by atoms with E-state index in [1.54, 1.807) is 23.5 Å². The summed E-state index contributed by atoms with van der Waals surface area (Å²) in [5.41, 5.74) is 5.82. The van der Waals surface area contributed by atoms with Crippen molar-refractivity contribution in [2.45, 2.75) is 51.4 Å². The second-order valence-corrected chi connectivity index (χ2v) is 13.1. The van der Waals surface area contributed by atoms with E-state index in [0.29, 0.717) is 0 Å². The Hall–Kier alpha value is -3.14. The average molecular weight is 515 g/mol. The molecule has 4 nitrogen and oxygen atoms in total. The number of hydrogen-bond donors (Lipinski definition) is 1. The first-order valence-corrected chi connectivity index (χ1v) is 13.9. The third-order valence-corrected chi connectivity index (χ3v) is 9.91. The van der Waals surface area contributed by atoms with Crippen LogP contribution >= 0.6 is 22.7 Å². The van der Waals surface area contributed by atoms with Gasteiger partial charge >= 0.3 is 5.97 Å². The van der Waals surface area contributed by atoms with Gasteiger partial charge in [-0.25, -0.2) is 4.79 Å². The Morgan fingerprint density at radius 2 is 1.56 bits per heavy atom. The maximum Gasteiger partial charge on any atom is 0.346 e. The lowest BCUT2D eigenvalue weighted by Gasteiger charge is -2.48. The van der Waals surface area contributed by atoms with E-state index in [9.17, 15) is 4.79 Å². The van der Waals surface area contributed by atoms with Gasteiger partial charge in [0.05, 0.1) is 0 Å². The third-order valence-electron chi connectivity index (χ3n) is 7.53. The molecule has 5 rings (SSSR count). The van der Waals surface area contributed by atoms with E-state index in [1.807, 2.05) is 23.5 Å². The summed E-state index contributed by atoms with van der Waals surface area (Å²) >= 11 is 3.48. The van der Waals surface area contributed by atoms with Gasteiger partial charge in [0, 0.05) is 38.3 Å². The number of thiophene rings is 2. The number of anilines is 1. The molecule has 0 amide bonds. The molecule has 0 bridgehead atoms. The van der Waals surface area contributed by atoms with Crippen LogP contribution in [0, 0.1) is 11.3 Å². The van der Waals surface area contributed by atoms with Gasteiger partial charge in [-0.15, -0.1) is 22.7 Å². The molecule has 6 heteroatoms. The molecule has 0 saturated carbocycles. The van der Waals surface area contributed by atoms with E-state index in [2.05, 4.69) is 62.9 Å². The van der Waals surface area contributed by atoms with Gasteiger partial charge in [0.25, 0.3) is 0 Å². The molecule has 0 aliphatic carbocycles. The van der Waals surface area contributed by atoms with Gasteiger partial charge in [0.2, 0.25) is 0 Å². The number of benzene rings is 1. The van der Waals surface area contributed by atoms with Crippen molar-refractivity contribution in [3.8, 4) is 26.3 Å². The minimum Gasteiger partial charge on any atom is -0.477 e. The molecule has 36 heavy (non-hydrogen) atoms. The Balaban J connectivity index is 1.47. The summed E-state index contributed by atoms with van der Waals surface area (Å²) in [6.45, 7) is 11.8. The van der Waals surface area contributed by atoms with Gasteiger partial charge in [0.1, 0.15) is 11.6 Å². The van der Waals surface area contributed by atoms with Crippen LogP contribution in [0.15, 0.2) is 54.1 Å². The molecule has 4 heterocycles. The van der Waals surface area contributed by atoms with Crippen molar-refractivity contribution in [2.75, 3.05) is 18.0 Å². The number of aliphatic carboxylic acids is 1. The first-order chi connectivity index (χ1) is 17.1. The Labute approximate surface area is 220 Å². The van der Waals surface area contributed by atoms with Crippen molar-refractivity contribution in [3.05, 3.63) is 70.1 Å². The van der Waals surface area contributed by atoms with Gasteiger partial charge in [-0.05, 0) is 88.9 Å². The molecule has 0 spiro atoms. The second kappa shape index (κ2) is 9.06. The molecular weight excluding hydrogens is 484 g/mol. The number of nitriles is 1. The smallest absolute Gasteiger partial charge is 0.346 e. The van der Waals surface area contributed by atoms with Crippen LogP contribution in [0.5, 0.6) is 0 Å². The number of nitrogens with zero attached hydrogens (tertiary/aromatic N) is 2. The number of rotatable bonds is 5. The highest BCUT2D eigenvalue weighted by Crippen LogP contribution is 2.51. The summed E-state index contributed by atoms with van der Waals surface area (Å²) in [6, 6.07) is 15.1. The van der Waals surface area contributed by atoms with Crippen LogP contribution in [0.25, 0.3) is 26.3 Å². The largest absolute Gasteiger partial charge is 0.477 e. The van der Waals surface area contributed by atoms with Crippen molar-refractivity contribution >= 4 is 40.4 Å². The van der Waals surface area contributed by atoms with Crippen molar-refractivity contribution in [1.82, 2.24) is 0 Å². The fourth-order valence-corrected chi connectivity index (χ4v) is 7.18. The molecule has 0 atom stereocenters. The molecule has 2 aromatic heterocycles. The molecule has 184 valence electrons. The van der Waals surface area contributed by atoms with Crippen molar-refractivity contribution in [3.63, 3.8) is 0 Å². The minimum absolute atomic E-state index is 0.166. The van der Waals surface area contributed by atoms with Crippen LogP contribution in [0.2, 0.25) is 0 Å². The van der Waals surface area contributed by atoms with Crippen molar-refractivity contribution < 1.29 is 9.90 Å². The van der Waals surface area contributed by atoms with Gasteiger partial charge in [-0.2, -0.15) is 5.26 Å². The lowest BCUT2D eigenvalue weighted by molar-refractivity contribution is -0.132.